The Balaban J connectivity index is 2.31. The van der Waals surface area contributed by atoms with Gasteiger partial charge in [-0.15, -0.1) is 5.10 Å². The molecule has 0 spiro atoms. The summed E-state index contributed by atoms with van der Waals surface area (Å²) in [6.07, 6.45) is 4.93. The molecule has 0 atom stereocenters. The molecule has 3 rings (SSSR count). The Morgan fingerprint density at radius 3 is 2.75 bits per heavy atom. The molecular weight excluding hydrogens is 204 g/mol. The third kappa shape index (κ3) is 1.28. The van der Waals surface area contributed by atoms with Crippen molar-refractivity contribution in [2.45, 2.75) is 0 Å². The highest BCUT2D eigenvalue weighted by Crippen LogP contribution is 2.18. The number of nitrogens with two attached hydrogens (primary N) is 1. The largest absolute Gasteiger partial charge is 0.366 e. The highest BCUT2D eigenvalue weighted by molar-refractivity contribution is 5.61. The summed E-state index contributed by atoms with van der Waals surface area (Å²) < 4.78 is 1.67. The van der Waals surface area contributed by atoms with E-state index in [1.54, 1.807) is 16.9 Å². The average Bonchev–Trinajstić information content (AvgIpc) is 2.70. The van der Waals surface area contributed by atoms with Gasteiger partial charge < -0.3 is 5.73 Å². The first-order valence-corrected chi connectivity index (χ1v) is 4.71. The van der Waals surface area contributed by atoms with Crippen LogP contribution in [0.3, 0.4) is 0 Å². The topological polar surface area (TPSA) is 82.0 Å². The molecule has 16 heavy (non-hydrogen) atoms. The van der Waals surface area contributed by atoms with Crippen LogP contribution < -0.4 is 5.73 Å². The second-order valence-corrected chi connectivity index (χ2v) is 3.28. The van der Waals surface area contributed by atoms with Crippen molar-refractivity contribution in [3.05, 3.63) is 36.9 Å². The zero-order chi connectivity index (χ0) is 11.0. The van der Waals surface area contributed by atoms with E-state index < -0.39 is 0 Å². The van der Waals surface area contributed by atoms with Crippen LogP contribution in [0.1, 0.15) is 0 Å². The maximum absolute atomic E-state index is 5.56. The number of nitrogen functional groups attached to an aromatic ring is 1. The van der Waals surface area contributed by atoms with Crippen LogP contribution in [0.15, 0.2) is 36.9 Å². The molecule has 0 aliphatic heterocycles. The van der Waals surface area contributed by atoms with Crippen molar-refractivity contribution >= 4 is 11.6 Å². The Hall–Kier alpha value is -2.50. The van der Waals surface area contributed by atoms with Crippen LogP contribution in [-0.2, 0) is 0 Å². The lowest BCUT2D eigenvalue weighted by Crippen LogP contribution is -1.95. The SMILES string of the molecule is Nc1nc2cccc(-c3cncnc3)n2n1. The minimum atomic E-state index is 0.254. The molecule has 0 radical (unpaired) electrons. The Bertz CT molecular complexity index is 630. The normalized spacial score (nSPS) is 10.8. The van der Waals surface area contributed by atoms with Crippen LogP contribution in [0.2, 0.25) is 0 Å². The van der Waals surface area contributed by atoms with Crippen molar-refractivity contribution in [3.8, 4) is 11.3 Å². The van der Waals surface area contributed by atoms with Crippen LogP contribution in [0.25, 0.3) is 16.9 Å². The summed E-state index contributed by atoms with van der Waals surface area (Å²) in [5, 5.41) is 4.12. The zero-order valence-corrected chi connectivity index (χ0v) is 8.28. The monoisotopic (exact) mass is 212 g/mol. The average molecular weight is 212 g/mol. The smallest absolute Gasteiger partial charge is 0.240 e. The highest BCUT2D eigenvalue weighted by Gasteiger charge is 2.06. The Morgan fingerprint density at radius 1 is 1.12 bits per heavy atom. The van der Waals surface area contributed by atoms with E-state index in [0.717, 1.165) is 11.3 Å². The number of fused-ring (bicyclic) bond motifs is 1. The van der Waals surface area contributed by atoms with Crippen molar-refractivity contribution in [1.82, 2.24) is 24.6 Å². The Labute approximate surface area is 90.8 Å². The molecular formula is C10H8N6. The number of anilines is 1. The summed E-state index contributed by atoms with van der Waals surface area (Å²) in [7, 11) is 0. The van der Waals surface area contributed by atoms with Gasteiger partial charge in [0.2, 0.25) is 5.95 Å². The van der Waals surface area contributed by atoms with Gasteiger partial charge in [-0.1, -0.05) is 6.07 Å². The molecule has 0 unspecified atom stereocenters. The standard InChI is InChI=1S/C10H8N6/c11-10-14-9-3-1-2-8(16(9)15-10)7-4-12-6-13-5-7/h1-6H,(H2,11,15). The molecule has 0 aromatic carbocycles. The van der Waals surface area contributed by atoms with Gasteiger partial charge in [-0.2, -0.15) is 4.98 Å². The first-order valence-electron chi connectivity index (χ1n) is 4.71. The summed E-state index contributed by atoms with van der Waals surface area (Å²) in [6, 6.07) is 5.66. The van der Waals surface area contributed by atoms with Crippen molar-refractivity contribution in [2.75, 3.05) is 5.73 Å². The van der Waals surface area contributed by atoms with Crippen LogP contribution in [0, 0.1) is 0 Å². The van der Waals surface area contributed by atoms with Gasteiger partial charge in [0.05, 0.1) is 5.69 Å². The number of hydrogen-bond acceptors (Lipinski definition) is 5. The molecule has 0 fully saturated rings. The summed E-state index contributed by atoms with van der Waals surface area (Å²) in [4.78, 5) is 12.0. The second-order valence-electron chi connectivity index (χ2n) is 3.28. The fourth-order valence-corrected chi connectivity index (χ4v) is 1.57. The summed E-state index contributed by atoms with van der Waals surface area (Å²) >= 11 is 0. The molecule has 6 nitrogen and oxygen atoms in total. The molecule has 2 N–H and O–H groups in total. The van der Waals surface area contributed by atoms with Gasteiger partial charge in [0.1, 0.15) is 6.33 Å². The molecule has 3 aromatic rings. The number of aromatic nitrogens is 5. The molecule has 78 valence electrons. The van der Waals surface area contributed by atoms with E-state index in [1.807, 2.05) is 18.2 Å². The molecule has 0 aliphatic rings. The van der Waals surface area contributed by atoms with Crippen LogP contribution in [0.5, 0.6) is 0 Å². The number of pyridine rings is 1. The lowest BCUT2D eigenvalue weighted by Gasteiger charge is -2.01. The lowest BCUT2D eigenvalue weighted by molar-refractivity contribution is 0.972. The molecule has 0 saturated heterocycles. The van der Waals surface area contributed by atoms with E-state index >= 15 is 0 Å². The first-order chi connectivity index (χ1) is 7.84. The predicted molar refractivity (Wildman–Crippen MR) is 58.4 cm³/mol. The molecule has 3 aromatic heterocycles. The maximum Gasteiger partial charge on any atom is 0.240 e. The third-order valence-corrected chi connectivity index (χ3v) is 2.23. The van der Waals surface area contributed by atoms with Crippen molar-refractivity contribution in [3.63, 3.8) is 0 Å². The molecule has 6 heteroatoms. The van der Waals surface area contributed by atoms with E-state index in [4.69, 9.17) is 5.73 Å². The van der Waals surface area contributed by atoms with Crippen molar-refractivity contribution < 1.29 is 0 Å². The summed E-state index contributed by atoms with van der Waals surface area (Å²) in [5.74, 6) is 0.254. The third-order valence-electron chi connectivity index (χ3n) is 2.23. The number of rotatable bonds is 1. The van der Waals surface area contributed by atoms with Gasteiger partial charge in [-0.25, -0.2) is 14.5 Å². The van der Waals surface area contributed by atoms with Crippen LogP contribution >= 0.6 is 0 Å². The van der Waals surface area contributed by atoms with Gasteiger partial charge in [0.25, 0.3) is 0 Å². The van der Waals surface area contributed by atoms with Gasteiger partial charge in [0, 0.05) is 18.0 Å². The summed E-state index contributed by atoms with van der Waals surface area (Å²) in [5.41, 5.74) is 8.01. The van der Waals surface area contributed by atoms with E-state index in [0.29, 0.717) is 5.65 Å². The predicted octanol–water partition coefficient (Wildman–Crippen LogP) is 0.768. The number of nitrogens with zero attached hydrogens (tertiary/aromatic N) is 5. The first kappa shape index (κ1) is 8.78. The van der Waals surface area contributed by atoms with Gasteiger partial charge in [-0.05, 0) is 12.1 Å². The van der Waals surface area contributed by atoms with Gasteiger partial charge >= 0.3 is 0 Å². The van der Waals surface area contributed by atoms with E-state index in [1.165, 1.54) is 6.33 Å². The maximum atomic E-state index is 5.56. The van der Waals surface area contributed by atoms with Gasteiger partial charge in [-0.3, -0.25) is 0 Å². The molecule has 3 heterocycles. The van der Waals surface area contributed by atoms with E-state index in [9.17, 15) is 0 Å². The number of hydrogen-bond donors (Lipinski definition) is 1. The molecule has 0 amide bonds. The van der Waals surface area contributed by atoms with Gasteiger partial charge in [0.15, 0.2) is 5.65 Å². The van der Waals surface area contributed by atoms with Crippen LogP contribution in [-0.4, -0.2) is 24.6 Å². The highest BCUT2D eigenvalue weighted by atomic mass is 15.3. The Morgan fingerprint density at radius 2 is 1.94 bits per heavy atom. The van der Waals surface area contributed by atoms with E-state index in [-0.39, 0.29) is 5.95 Å². The fraction of sp³-hybridized carbons (Fsp3) is 0. The fourth-order valence-electron chi connectivity index (χ4n) is 1.57. The second kappa shape index (κ2) is 3.27. The minimum Gasteiger partial charge on any atom is -0.366 e. The quantitative estimate of drug-likeness (QED) is 0.644. The van der Waals surface area contributed by atoms with E-state index in [2.05, 4.69) is 20.1 Å². The summed E-state index contributed by atoms with van der Waals surface area (Å²) in [6.45, 7) is 0. The molecule has 0 saturated carbocycles. The van der Waals surface area contributed by atoms with Crippen molar-refractivity contribution in [2.24, 2.45) is 0 Å². The zero-order valence-electron chi connectivity index (χ0n) is 8.28. The molecule has 0 aliphatic carbocycles. The minimum absolute atomic E-state index is 0.254. The lowest BCUT2D eigenvalue weighted by atomic mass is 10.2. The molecule has 0 bridgehead atoms. The van der Waals surface area contributed by atoms with Crippen molar-refractivity contribution in [1.29, 1.82) is 0 Å². The van der Waals surface area contributed by atoms with Crippen LogP contribution in [0.4, 0.5) is 5.95 Å². The Kier molecular flexibility index (Phi) is 1.79.